The van der Waals surface area contributed by atoms with Gasteiger partial charge >= 0.3 is 0 Å². The number of hydrogen-bond acceptors (Lipinski definition) is 3. The molecule has 1 aliphatic heterocycles. The first-order valence-corrected chi connectivity index (χ1v) is 8.66. The quantitative estimate of drug-likeness (QED) is 0.921. The summed E-state index contributed by atoms with van der Waals surface area (Å²) >= 11 is 0. The number of aliphatic hydroxyl groups excluding tert-OH is 1. The molecule has 2 aliphatic carbocycles. The molecule has 1 aromatic heterocycles. The SMILES string of the molecule is OC(c1nc2n(n1)[C@H](c1ccccc1)C[C@@H]2F)C1C2CC(F)(F)CC21. The molecule has 3 unspecified atom stereocenters. The molecule has 7 heteroatoms. The van der Waals surface area contributed by atoms with Crippen LogP contribution in [0.1, 0.15) is 54.8 Å². The molecule has 0 radical (unpaired) electrons. The lowest BCUT2D eigenvalue weighted by atomic mass is 10.0. The highest BCUT2D eigenvalue weighted by Crippen LogP contribution is 2.66. The highest BCUT2D eigenvalue weighted by Gasteiger charge is 2.65. The van der Waals surface area contributed by atoms with Crippen LogP contribution >= 0.6 is 0 Å². The van der Waals surface area contributed by atoms with Gasteiger partial charge in [-0.1, -0.05) is 30.3 Å². The van der Waals surface area contributed by atoms with Crippen LogP contribution in [0.5, 0.6) is 0 Å². The van der Waals surface area contributed by atoms with Crippen molar-refractivity contribution in [2.75, 3.05) is 0 Å². The molecule has 5 atom stereocenters. The number of benzene rings is 1. The second-order valence-corrected chi connectivity index (χ2v) is 7.52. The van der Waals surface area contributed by atoms with Crippen LogP contribution in [0.2, 0.25) is 0 Å². The third kappa shape index (κ3) is 2.32. The number of aliphatic hydroxyl groups is 1. The Morgan fingerprint density at radius 2 is 1.84 bits per heavy atom. The van der Waals surface area contributed by atoms with Crippen molar-refractivity contribution in [2.45, 2.75) is 43.5 Å². The summed E-state index contributed by atoms with van der Waals surface area (Å²) in [6, 6.07) is 9.25. The predicted octanol–water partition coefficient (Wildman–Crippen LogP) is 3.61. The highest BCUT2D eigenvalue weighted by molar-refractivity contribution is 5.24. The van der Waals surface area contributed by atoms with E-state index in [4.69, 9.17) is 0 Å². The summed E-state index contributed by atoms with van der Waals surface area (Å²) in [6.45, 7) is 0. The van der Waals surface area contributed by atoms with Gasteiger partial charge in [-0.3, -0.25) is 0 Å². The van der Waals surface area contributed by atoms with Crippen molar-refractivity contribution in [3.8, 4) is 0 Å². The van der Waals surface area contributed by atoms with Gasteiger partial charge in [-0.15, -0.1) is 0 Å². The van der Waals surface area contributed by atoms with Crippen LogP contribution in [0.3, 0.4) is 0 Å². The van der Waals surface area contributed by atoms with E-state index in [1.807, 2.05) is 30.3 Å². The Morgan fingerprint density at radius 1 is 1.16 bits per heavy atom. The fourth-order valence-corrected chi connectivity index (χ4v) is 4.74. The van der Waals surface area contributed by atoms with E-state index >= 15 is 0 Å². The highest BCUT2D eigenvalue weighted by atomic mass is 19.3. The van der Waals surface area contributed by atoms with Gasteiger partial charge in [-0.05, 0) is 23.3 Å². The monoisotopic (exact) mass is 349 g/mol. The molecular formula is C18H18F3N3O. The maximum absolute atomic E-state index is 14.4. The lowest BCUT2D eigenvalue weighted by Gasteiger charge is -2.15. The van der Waals surface area contributed by atoms with Crippen LogP contribution in [0.4, 0.5) is 13.2 Å². The van der Waals surface area contributed by atoms with E-state index in [9.17, 15) is 18.3 Å². The van der Waals surface area contributed by atoms with Gasteiger partial charge < -0.3 is 5.11 Å². The van der Waals surface area contributed by atoms with E-state index in [-0.39, 0.29) is 54.7 Å². The van der Waals surface area contributed by atoms with Crippen molar-refractivity contribution in [3.05, 3.63) is 47.5 Å². The number of halogens is 3. The van der Waals surface area contributed by atoms with Gasteiger partial charge in [0.05, 0.1) is 6.04 Å². The average Bonchev–Trinajstić information content (AvgIpc) is 2.94. The zero-order valence-corrected chi connectivity index (χ0v) is 13.4. The van der Waals surface area contributed by atoms with Crippen LogP contribution in [-0.2, 0) is 0 Å². The Hall–Kier alpha value is -1.89. The molecule has 2 heterocycles. The number of hydrogen-bond donors (Lipinski definition) is 1. The lowest BCUT2D eigenvalue weighted by Crippen LogP contribution is -2.17. The molecule has 4 nitrogen and oxygen atoms in total. The van der Waals surface area contributed by atoms with Crippen molar-refractivity contribution < 1.29 is 18.3 Å². The fourth-order valence-electron chi connectivity index (χ4n) is 4.74. The summed E-state index contributed by atoms with van der Waals surface area (Å²) in [4.78, 5) is 4.21. The van der Waals surface area contributed by atoms with Gasteiger partial charge in [0, 0.05) is 19.3 Å². The van der Waals surface area contributed by atoms with Crippen molar-refractivity contribution in [1.29, 1.82) is 0 Å². The van der Waals surface area contributed by atoms with Crippen LogP contribution in [-0.4, -0.2) is 25.8 Å². The van der Waals surface area contributed by atoms with Gasteiger partial charge in [0.25, 0.3) is 0 Å². The van der Waals surface area contributed by atoms with E-state index < -0.39 is 18.2 Å². The Bertz CT molecular complexity index is 795. The van der Waals surface area contributed by atoms with Gasteiger partial charge in [0.2, 0.25) is 5.92 Å². The zero-order chi connectivity index (χ0) is 17.3. The van der Waals surface area contributed by atoms with Gasteiger partial charge in [0.15, 0.2) is 17.8 Å². The summed E-state index contributed by atoms with van der Waals surface area (Å²) < 4.78 is 42.6. The molecule has 1 N–H and O–H groups in total. The molecular weight excluding hydrogens is 331 g/mol. The Balaban J connectivity index is 1.40. The third-order valence-electron chi connectivity index (χ3n) is 5.96. The Morgan fingerprint density at radius 3 is 2.52 bits per heavy atom. The van der Waals surface area contributed by atoms with Crippen molar-refractivity contribution >= 4 is 0 Å². The topological polar surface area (TPSA) is 50.9 Å². The van der Waals surface area contributed by atoms with E-state index in [1.54, 1.807) is 4.68 Å². The first kappa shape index (κ1) is 15.4. The maximum Gasteiger partial charge on any atom is 0.248 e. The first-order valence-electron chi connectivity index (χ1n) is 8.66. The number of fused-ring (bicyclic) bond motifs is 2. The van der Waals surface area contributed by atoms with Gasteiger partial charge in [0.1, 0.15) is 6.10 Å². The number of rotatable bonds is 3. The summed E-state index contributed by atoms with van der Waals surface area (Å²) in [7, 11) is 0. The summed E-state index contributed by atoms with van der Waals surface area (Å²) in [6.07, 6.45) is -2.30. The minimum absolute atomic E-state index is 0.168. The molecule has 2 fully saturated rings. The third-order valence-corrected chi connectivity index (χ3v) is 5.96. The fraction of sp³-hybridized carbons (Fsp3) is 0.556. The average molecular weight is 349 g/mol. The van der Waals surface area contributed by atoms with Crippen molar-refractivity contribution in [3.63, 3.8) is 0 Å². The van der Waals surface area contributed by atoms with Crippen LogP contribution < -0.4 is 0 Å². The normalized spacial score (nSPS) is 36.1. The van der Waals surface area contributed by atoms with Crippen LogP contribution in [0.15, 0.2) is 30.3 Å². The Kier molecular flexibility index (Phi) is 3.11. The van der Waals surface area contributed by atoms with Crippen molar-refractivity contribution in [2.24, 2.45) is 17.8 Å². The number of alkyl halides is 3. The molecule has 132 valence electrons. The minimum atomic E-state index is -2.61. The van der Waals surface area contributed by atoms with Crippen LogP contribution in [0.25, 0.3) is 0 Å². The zero-order valence-electron chi connectivity index (χ0n) is 13.4. The first-order chi connectivity index (χ1) is 11.9. The van der Waals surface area contributed by atoms with Crippen LogP contribution in [0, 0.1) is 17.8 Å². The lowest BCUT2D eigenvalue weighted by molar-refractivity contribution is -0.0170. The number of nitrogens with zero attached hydrogens (tertiary/aromatic N) is 3. The standard InChI is InChI=1S/C18H18F3N3O/c19-12-6-13(9-4-2-1-3-5-9)24-17(12)22-16(23-24)15(25)14-10-7-18(20,21)8-11(10)14/h1-5,10-15,25H,6-8H2/t10?,11?,12-,13-,14?,15?/m0/s1. The molecule has 0 amide bonds. The summed E-state index contributed by atoms with van der Waals surface area (Å²) in [5.74, 6) is -2.79. The van der Waals surface area contributed by atoms with E-state index in [2.05, 4.69) is 10.1 Å². The molecule has 2 saturated carbocycles. The van der Waals surface area contributed by atoms with Gasteiger partial charge in [-0.2, -0.15) is 5.10 Å². The van der Waals surface area contributed by atoms with E-state index in [0.717, 1.165) is 5.56 Å². The second kappa shape index (κ2) is 5.06. The minimum Gasteiger partial charge on any atom is -0.385 e. The van der Waals surface area contributed by atoms with E-state index in [0.29, 0.717) is 0 Å². The molecule has 25 heavy (non-hydrogen) atoms. The molecule has 1 aromatic carbocycles. The summed E-state index contributed by atoms with van der Waals surface area (Å²) in [5, 5.41) is 14.9. The maximum atomic E-state index is 14.4. The summed E-state index contributed by atoms with van der Waals surface area (Å²) in [5.41, 5.74) is 0.942. The van der Waals surface area contributed by atoms with Crippen molar-refractivity contribution in [1.82, 2.24) is 14.8 Å². The largest absolute Gasteiger partial charge is 0.385 e. The molecule has 5 rings (SSSR count). The molecule has 0 spiro atoms. The van der Waals surface area contributed by atoms with E-state index in [1.165, 1.54) is 0 Å². The second-order valence-electron chi connectivity index (χ2n) is 7.52. The van der Waals surface area contributed by atoms with Gasteiger partial charge in [-0.25, -0.2) is 22.8 Å². The predicted molar refractivity (Wildman–Crippen MR) is 82.7 cm³/mol. The molecule has 2 aromatic rings. The molecule has 0 bridgehead atoms. The number of aromatic nitrogens is 3. The Labute approximate surface area is 142 Å². The molecule has 3 aliphatic rings. The molecule has 0 saturated heterocycles. The smallest absolute Gasteiger partial charge is 0.248 e.